The first-order valence-corrected chi connectivity index (χ1v) is 8.83. The number of amides is 1. The van der Waals surface area contributed by atoms with Crippen molar-refractivity contribution in [3.05, 3.63) is 71.9 Å². The second-order valence-electron chi connectivity index (χ2n) is 6.50. The highest BCUT2D eigenvalue weighted by molar-refractivity contribution is 5.85. The van der Waals surface area contributed by atoms with Crippen molar-refractivity contribution in [1.29, 1.82) is 0 Å². The minimum atomic E-state index is -0.292. The van der Waals surface area contributed by atoms with Gasteiger partial charge in [-0.05, 0) is 30.0 Å². The van der Waals surface area contributed by atoms with Gasteiger partial charge in [0.25, 0.3) is 0 Å². The maximum atomic E-state index is 12.4. The van der Waals surface area contributed by atoms with Crippen LogP contribution in [0.2, 0.25) is 0 Å². The fraction of sp³-hybridized carbons (Fsp3) is 0.286. The van der Waals surface area contributed by atoms with E-state index in [1.807, 2.05) is 30.3 Å². The third-order valence-electron chi connectivity index (χ3n) is 4.90. The molecule has 0 unspecified atom stereocenters. The third kappa shape index (κ3) is 3.30. The van der Waals surface area contributed by atoms with E-state index in [1.54, 1.807) is 0 Å². The van der Waals surface area contributed by atoms with E-state index in [4.69, 9.17) is 4.74 Å². The lowest BCUT2D eigenvalue weighted by molar-refractivity contribution is -0.130. The molecule has 0 bridgehead atoms. The van der Waals surface area contributed by atoms with Gasteiger partial charge < -0.3 is 15.0 Å². The number of carbonyl (C=O) groups is 1. The summed E-state index contributed by atoms with van der Waals surface area (Å²) in [5, 5.41) is 4.30. The van der Waals surface area contributed by atoms with Crippen molar-refractivity contribution < 1.29 is 9.53 Å². The normalized spacial score (nSPS) is 18.3. The summed E-state index contributed by atoms with van der Waals surface area (Å²) in [6, 6.07) is 18.6. The molecule has 0 spiro atoms. The van der Waals surface area contributed by atoms with Crippen LogP contribution in [0, 0.1) is 0 Å². The van der Waals surface area contributed by atoms with Gasteiger partial charge in [-0.25, -0.2) is 0 Å². The summed E-state index contributed by atoms with van der Waals surface area (Å²) in [7, 11) is 0. The molecule has 0 aliphatic carbocycles. The molecule has 1 saturated heterocycles. The van der Waals surface area contributed by atoms with Gasteiger partial charge in [0.05, 0.1) is 0 Å². The number of aromatic nitrogens is 1. The zero-order chi connectivity index (χ0) is 17.1. The quantitative estimate of drug-likeness (QED) is 0.749. The molecule has 25 heavy (non-hydrogen) atoms. The molecular weight excluding hydrogens is 312 g/mol. The molecule has 4 rings (SSSR count). The molecular formula is C21H22N2O2. The van der Waals surface area contributed by atoms with Gasteiger partial charge in [0.2, 0.25) is 5.91 Å². The number of aromatic amines is 1. The summed E-state index contributed by atoms with van der Waals surface area (Å²) in [5.41, 5.74) is 3.51. The standard InChI is InChI=1S/C21H22N2O2/c24-21(20-11-6-12-25-20)23-13-17(15-7-2-1-3-8-15)18-14-22-19-10-5-4-9-16(18)19/h1-5,7-10,14,17,20,22H,6,11-13H2,(H,23,24)/t17-,20-/m0/s1. The first-order chi connectivity index (χ1) is 12.3. The summed E-state index contributed by atoms with van der Waals surface area (Å²) >= 11 is 0. The van der Waals surface area contributed by atoms with Crippen LogP contribution in [0.25, 0.3) is 10.9 Å². The fourth-order valence-electron chi connectivity index (χ4n) is 3.58. The predicted octanol–water partition coefficient (Wildman–Crippen LogP) is 3.60. The molecule has 2 N–H and O–H groups in total. The van der Waals surface area contributed by atoms with E-state index >= 15 is 0 Å². The Labute approximate surface area is 147 Å². The number of para-hydroxylation sites is 1. The SMILES string of the molecule is O=C(NC[C@@H](c1ccccc1)c1c[nH]c2ccccc12)[C@@H]1CCCO1. The van der Waals surface area contributed by atoms with Crippen molar-refractivity contribution in [2.45, 2.75) is 24.9 Å². The Morgan fingerprint density at radius 2 is 1.96 bits per heavy atom. The van der Waals surface area contributed by atoms with Crippen molar-refractivity contribution in [2.75, 3.05) is 13.2 Å². The maximum absolute atomic E-state index is 12.4. The lowest BCUT2D eigenvalue weighted by Crippen LogP contribution is -2.36. The molecule has 1 aromatic heterocycles. The predicted molar refractivity (Wildman–Crippen MR) is 98.6 cm³/mol. The van der Waals surface area contributed by atoms with Crippen molar-refractivity contribution in [3.8, 4) is 0 Å². The number of carbonyl (C=O) groups excluding carboxylic acids is 1. The Morgan fingerprint density at radius 1 is 1.16 bits per heavy atom. The van der Waals surface area contributed by atoms with E-state index in [9.17, 15) is 4.79 Å². The number of nitrogens with one attached hydrogen (secondary N) is 2. The number of benzene rings is 2. The molecule has 4 nitrogen and oxygen atoms in total. The maximum Gasteiger partial charge on any atom is 0.249 e. The monoisotopic (exact) mass is 334 g/mol. The molecule has 0 radical (unpaired) electrons. The summed E-state index contributed by atoms with van der Waals surface area (Å²) in [6.45, 7) is 1.24. The van der Waals surface area contributed by atoms with E-state index in [-0.39, 0.29) is 17.9 Å². The highest BCUT2D eigenvalue weighted by Crippen LogP contribution is 2.30. The number of hydrogen-bond acceptors (Lipinski definition) is 2. The number of fused-ring (bicyclic) bond motifs is 1. The lowest BCUT2D eigenvalue weighted by atomic mass is 9.91. The first kappa shape index (κ1) is 15.9. The molecule has 2 aromatic carbocycles. The van der Waals surface area contributed by atoms with Crippen molar-refractivity contribution in [2.24, 2.45) is 0 Å². The van der Waals surface area contributed by atoms with Gasteiger partial charge in [0, 0.05) is 36.2 Å². The van der Waals surface area contributed by atoms with Crippen LogP contribution in [0.3, 0.4) is 0 Å². The van der Waals surface area contributed by atoms with Crippen LogP contribution in [0.1, 0.15) is 29.9 Å². The topological polar surface area (TPSA) is 54.1 Å². The summed E-state index contributed by atoms with van der Waals surface area (Å²) in [6.07, 6.45) is 3.54. The molecule has 1 amide bonds. The number of hydrogen-bond donors (Lipinski definition) is 2. The molecule has 1 fully saturated rings. The van der Waals surface area contributed by atoms with Crippen molar-refractivity contribution in [1.82, 2.24) is 10.3 Å². The fourth-order valence-corrected chi connectivity index (χ4v) is 3.58. The largest absolute Gasteiger partial charge is 0.368 e. The van der Waals surface area contributed by atoms with Crippen molar-refractivity contribution in [3.63, 3.8) is 0 Å². The first-order valence-electron chi connectivity index (χ1n) is 8.83. The van der Waals surface area contributed by atoms with Crippen LogP contribution in [0.4, 0.5) is 0 Å². The zero-order valence-corrected chi connectivity index (χ0v) is 14.1. The summed E-state index contributed by atoms with van der Waals surface area (Å²) in [5.74, 6) is 0.0981. The van der Waals surface area contributed by atoms with Crippen LogP contribution < -0.4 is 5.32 Å². The Bertz CT molecular complexity index is 850. The average molecular weight is 334 g/mol. The Balaban J connectivity index is 1.62. The molecule has 1 aliphatic heterocycles. The van der Waals surface area contributed by atoms with E-state index in [1.165, 1.54) is 16.5 Å². The summed E-state index contributed by atoms with van der Waals surface area (Å²) in [4.78, 5) is 15.7. The molecule has 2 atom stereocenters. The van der Waals surface area contributed by atoms with Gasteiger partial charge in [-0.1, -0.05) is 48.5 Å². The minimum absolute atomic E-state index is 0.00160. The van der Waals surface area contributed by atoms with Gasteiger partial charge in [-0.3, -0.25) is 4.79 Å². The Morgan fingerprint density at radius 3 is 2.76 bits per heavy atom. The van der Waals surface area contributed by atoms with Crippen LogP contribution in [0.15, 0.2) is 60.8 Å². The van der Waals surface area contributed by atoms with Gasteiger partial charge in [0.15, 0.2) is 0 Å². The van der Waals surface area contributed by atoms with Crippen LogP contribution >= 0.6 is 0 Å². The average Bonchev–Trinajstić information content (AvgIpc) is 3.33. The lowest BCUT2D eigenvalue weighted by Gasteiger charge is -2.19. The number of H-pyrrole nitrogens is 1. The van der Waals surface area contributed by atoms with E-state index in [2.05, 4.69) is 40.8 Å². The Hall–Kier alpha value is -2.59. The molecule has 0 saturated carbocycles. The van der Waals surface area contributed by atoms with Crippen LogP contribution in [-0.4, -0.2) is 30.1 Å². The second kappa shape index (κ2) is 7.11. The second-order valence-corrected chi connectivity index (χ2v) is 6.50. The zero-order valence-electron chi connectivity index (χ0n) is 14.1. The van der Waals surface area contributed by atoms with Gasteiger partial charge in [0.1, 0.15) is 6.10 Å². The van der Waals surface area contributed by atoms with E-state index in [0.717, 1.165) is 18.4 Å². The van der Waals surface area contributed by atoms with Gasteiger partial charge in [-0.15, -0.1) is 0 Å². The van der Waals surface area contributed by atoms with E-state index < -0.39 is 0 Å². The molecule has 2 heterocycles. The summed E-state index contributed by atoms with van der Waals surface area (Å²) < 4.78 is 5.50. The van der Waals surface area contributed by atoms with Crippen LogP contribution in [0.5, 0.6) is 0 Å². The smallest absolute Gasteiger partial charge is 0.249 e. The highest BCUT2D eigenvalue weighted by atomic mass is 16.5. The minimum Gasteiger partial charge on any atom is -0.368 e. The Kier molecular flexibility index (Phi) is 4.53. The highest BCUT2D eigenvalue weighted by Gasteiger charge is 2.25. The number of rotatable bonds is 5. The third-order valence-corrected chi connectivity index (χ3v) is 4.90. The van der Waals surface area contributed by atoms with Gasteiger partial charge >= 0.3 is 0 Å². The van der Waals surface area contributed by atoms with Crippen molar-refractivity contribution >= 4 is 16.8 Å². The molecule has 1 aliphatic rings. The molecule has 128 valence electrons. The molecule has 3 aromatic rings. The van der Waals surface area contributed by atoms with E-state index in [0.29, 0.717) is 13.2 Å². The molecule has 4 heteroatoms. The number of ether oxygens (including phenoxy) is 1. The van der Waals surface area contributed by atoms with Gasteiger partial charge in [-0.2, -0.15) is 0 Å². The van der Waals surface area contributed by atoms with Crippen LogP contribution in [-0.2, 0) is 9.53 Å².